The highest BCUT2D eigenvalue weighted by molar-refractivity contribution is 6.30. The predicted molar refractivity (Wildman–Crippen MR) is 105 cm³/mol. The molecule has 0 radical (unpaired) electrons. The number of hydrogen-bond donors (Lipinski definition) is 3. The van der Waals surface area contributed by atoms with Gasteiger partial charge in [0.15, 0.2) is 0 Å². The minimum atomic E-state index is -4.53. The molecule has 0 amide bonds. The van der Waals surface area contributed by atoms with Crippen molar-refractivity contribution in [2.24, 2.45) is 17.6 Å². The minimum Gasteiger partial charge on any atom is -0.369 e. The number of anilines is 3. The van der Waals surface area contributed by atoms with Crippen LogP contribution < -0.4 is 16.4 Å². The number of rotatable bonds is 6. The number of nitrogens with two attached hydrogens (primary N) is 1. The van der Waals surface area contributed by atoms with E-state index in [4.69, 9.17) is 17.3 Å². The Labute approximate surface area is 166 Å². The summed E-state index contributed by atoms with van der Waals surface area (Å²) in [5, 5.41) is 6.35. The van der Waals surface area contributed by atoms with Gasteiger partial charge in [0.05, 0.1) is 0 Å². The molecule has 5 nitrogen and oxygen atoms in total. The van der Waals surface area contributed by atoms with E-state index >= 15 is 0 Å². The largest absolute Gasteiger partial charge is 0.421 e. The van der Waals surface area contributed by atoms with Gasteiger partial charge in [0.1, 0.15) is 11.4 Å². The van der Waals surface area contributed by atoms with Gasteiger partial charge in [-0.1, -0.05) is 11.6 Å². The van der Waals surface area contributed by atoms with Crippen LogP contribution >= 0.6 is 11.6 Å². The summed E-state index contributed by atoms with van der Waals surface area (Å²) >= 11 is 5.84. The molecule has 152 valence electrons. The van der Waals surface area contributed by atoms with E-state index in [9.17, 15) is 13.2 Å². The summed E-state index contributed by atoms with van der Waals surface area (Å²) in [5.74, 6) is 0.715. The van der Waals surface area contributed by atoms with Crippen LogP contribution in [0.1, 0.15) is 31.2 Å². The van der Waals surface area contributed by atoms with Crippen LogP contribution in [-0.2, 0) is 6.18 Å². The van der Waals surface area contributed by atoms with Crippen molar-refractivity contribution in [3.63, 3.8) is 0 Å². The van der Waals surface area contributed by atoms with Gasteiger partial charge in [-0.15, -0.1) is 0 Å². The Balaban J connectivity index is 1.72. The maximum absolute atomic E-state index is 13.3. The van der Waals surface area contributed by atoms with E-state index in [1.54, 1.807) is 24.3 Å². The fourth-order valence-electron chi connectivity index (χ4n) is 3.36. The van der Waals surface area contributed by atoms with E-state index in [-0.39, 0.29) is 11.8 Å². The summed E-state index contributed by atoms with van der Waals surface area (Å²) in [6.07, 6.45) is 0.218. The average molecular weight is 414 g/mol. The number of benzene rings is 1. The quantitative estimate of drug-likeness (QED) is 0.616. The lowest BCUT2D eigenvalue weighted by Crippen LogP contribution is -2.26. The van der Waals surface area contributed by atoms with Gasteiger partial charge in [-0.2, -0.15) is 18.2 Å². The van der Waals surface area contributed by atoms with Gasteiger partial charge in [-0.3, -0.25) is 0 Å². The lowest BCUT2D eigenvalue weighted by molar-refractivity contribution is -0.137. The first-order valence-electron chi connectivity index (χ1n) is 9.26. The first-order valence-corrected chi connectivity index (χ1v) is 9.63. The number of hydrogen-bond acceptors (Lipinski definition) is 5. The van der Waals surface area contributed by atoms with E-state index in [1.165, 1.54) is 0 Å². The summed E-state index contributed by atoms with van der Waals surface area (Å²) in [4.78, 5) is 7.88. The van der Waals surface area contributed by atoms with Gasteiger partial charge < -0.3 is 16.4 Å². The van der Waals surface area contributed by atoms with Crippen molar-refractivity contribution in [2.45, 2.75) is 31.9 Å². The lowest BCUT2D eigenvalue weighted by atomic mass is 9.82. The topological polar surface area (TPSA) is 75.9 Å². The van der Waals surface area contributed by atoms with Crippen molar-refractivity contribution >= 4 is 29.1 Å². The van der Waals surface area contributed by atoms with Crippen LogP contribution in [0.25, 0.3) is 0 Å². The number of nitrogens with one attached hydrogen (secondary N) is 2. The third kappa shape index (κ3) is 5.48. The molecule has 0 aliphatic heterocycles. The fourth-order valence-corrected chi connectivity index (χ4v) is 3.48. The molecule has 1 aliphatic rings. The Morgan fingerprint density at radius 3 is 2.32 bits per heavy atom. The molecule has 9 heteroatoms. The molecule has 0 saturated heterocycles. The normalized spacial score (nSPS) is 20.0. The van der Waals surface area contributed by atoms with E-state index in [1.807, 2.05) is 0 Å². The first kappa shape index (κ1) is 20.7. The number of halogens is 4. The third-order valence-electron chi connectivity index (χ3n) is 5.05. The van der Waals surface area contributed by atoms with Gasteiger partial charge >= 0.3 is 6.18 Å². The average Bonchev–Trinajstić information content (AvgIpc) is 2.68. The van der Waals surface area contributed by atoms with Crippen LogP contribution in [0.15, 0.2) is 30.5 Å². The molecule has 1 aromatic carbocycles. The summed E-state index contributed by atoms with van der Waals surface area (Å²) in [6, 6.07) is 6.74. The van der Waals surface area contributed by atoms with Gasteiger partial charge in [0.25, 0.3) is 0 Å². The van der Waals surface area contributed by atoms with Crippen LogP contribution in [0.4, 0.5) is 30.6 Å². The molecule has 0 spiro atoms. The lowest BCUT2D eigenvalue weighted by Gasteiger charge is -2.28. The maximum Gasteiger partial charge on any atom is 0.421 e. The molecule has 0 bridgehead atoms. The highest BCUT2D eigenvalue weighted by Gasteiger charge is 2.35. The monoisotopic (exact) mass is 413 g/mol. The Morgan fingerprint density at radius 1 is 1.07 bits per heavy atom. The molecule has 4 N–H and O–H groups in total. The van der Waals surface area contributed by atoms with Gasteiger partial charge in [-0.25, -0.2) is 4.98 Å². The van der Waals surface area contributed by atoms with Crippen molar-refractivity contribution in [1.82, 2.24) is 9.97 Å². The summed E-state index contributed by atoms with van der Waals surface area (Å²) in [5.41, 5.74) is 5.46. The zero-order chi connectivity index (χ0) is 20.1. The second kappa shape index (κ2) is 8.96. The van der Waals surface area contributed by atoms with E-state index in [0.717, 1.165) is 31.9 Å². The Kier molecular flexibility index (Phi) is 6.61. The zero-order valence-electron chi connectivity index (χ0n) is 15.3. The van der Waals surface area contributed by atoms with Gasteiger partial charge in [0, 0.05) is 23.5 Å². The maximum atomic E-state index is 13.3. The molecule has 1 fully saturated rings. The molecule has 2 aromatic rings. The standard InChI is InChI=1S/C19H23ClF3N5/c20-14-5-7-15(8-6-14)27-18-26-11-16(19(21,22)23)17(28-18)25-10-13-3-1-12(9-24)2-4-13/h5-8,11-13H,1-4,9-10,24H2,(H2,25,26,27,28). The van der Waals surface area contributed by atoms with Crippen LogP contribution in [0, 0.1) is 11.8 Å². The van der Waals surface area contributed by atoms with Crippen molar-refractivity contribution in [3.8, 4) is 0 Å². The Hall–Kier alpha value is -2.06. The molecule has 1 heterocycles. The number of nitrogens with zero attached hydrogens (tertiary/aromatic N) is 2. The molecular weight excluding hydrogens is 391 g/mol. The smallest absolute Gasteiger partial charge is 0.369 e. The molecule has 1 aromatic heterocycles. The minimum absolute atomic E-state index is 0.0877. The van der Waals surface area contributed by atoms with Crippen LogP contribution in [0.2, 0.25) is 5.02 Å². The molecule has 1 saturated carbocycles. The SMILES string of the molecule is NCC1CCC(CNc2nc(Nc3ccc(Cl)cc3)ncc2C(F)(F)F)CC1. The van der Waals surface area contributed by atoms with Gasteiger partial charge in [-0.05, 0) is 68.3 Å². The van der Waals surface area contributed by atoms with E-state index in [0.29, 0.717) is 35.6 Å². The summed E-state index contributed by atoms with van der Waals surface area (Å²) in [6.45, 7) is 1.11. The number of aromatic nitrogens is 2. The molecule has 0 unspecified atom stereocenters. The van der Waals surface area contributed by atoms with Crippen LogP contribution in [0.5, 0.6) is 0 Å². The first-order chi connectivity index (χ1) is 13.3. The predicted octanol–water partition coefficient (Wildman–Crippen LogP) is 5.07. The third-order valence-corrected chi connectivity index (χ3v) is 5.30. The van der Waals surface area contributed by atoms with E-state index in [2.05, 4.69) is 20.6 Å². The van der Waals surface area contributed by atoms with Crippen LogP contribution in [0.3, 0.4) is 0 Å². The second-order valence-corrected chi connectivity index (χ2v) is 7.53. The van der Waals surface area contributed by atoms with Crippen molar-refractivity contribution < 1.29 is 13.2 Å². The molecule has 0 atom stereocenters. The van der Waals surface area contributed by atoms with E-state index < -0.39 is 11.7 Å². The molecule has 1 aliphatic carbocycles. The number of alkyl halides is 3. The molecular formula is C19H23ClF3N5. The summed E-state index contributed by atoms with van der Waals surface area (Å²) < 4.78 is 40.0. The fraction of sp³-hybridized carbons (Fsp3) is 0.474. The highest BCUT2D eigenvalue weighted by atomic mass is 35.5. The summed E-state index contributed by atoms with van der Waals surface area (Å²) in [7, 11) is 0. The molecule has 3 rings (SSSR count). The highest BCUT2D eigenvalue weighted by Crippen LogP contribution is 2.35. The van der Waals surface area contributed by atoms with Gasteiger partial charge in [0.2, 0.25) is 5.95 Å². The second-order valence-electron chi connectivity index (χ2n) is 7.09. The van der Waals surface area contributed by atoms with Crippen molar-refractivity contribution in [2.75, 3.05) is 23.7 Å². The Morgan fingerprint density at radius 2 is 1.71 bits per heavy atom. The van der Waals surface area contributed by atoms with Crippen molar-refractivity contribution in [3.05, 3.63) is 41.0 Å². The van der Waals surface area contributed by atoms with Crippen LogP contribution in [-0.4, -0.2) is 23.1 Å². The van der Waals surface area contributed by atoms with Crippen molar-refractivity contribution in [1.29, 1.82) is 0 Å². The molecule has 28 heavy (non-hydrogen) atoms. The zero-order valence-corrected chi connectivity index (χ0v) is 16.0. The Bertz CT molecular complexity index is 774.